The zero-order valence-corrected chi connectivity index (χ0v) is 11.9. The van der Waals surface area contributed by atoms with Crippen LogP contribution < -0.4 is 5.32 Å². The topological polar surface area (TPSA) is 72.7 Å². The Hall–Kier alpha value is -1.89. The number of benzene rings is 1. The number of para-hydroxylation sites is 1. The Kier molecular flexibility index (Phi) is 3.68. The molecule has 1 aliphatic rings. The minimum atomic E-state index is -0.251. The molecular weight excluding hydrogens is 274 g/mol. The maximum atomic E-state index is 12.1. The van der Waals surface area contributed by atoms with Crippen molar-refractivity contribution in [2.75, 3.05) is 5.32 Å². The fourth-order valence-corrected chi connectivity index (χ4v) is 2.65. The van der Waals surface area contributed by atoms with E-state index in [1.54, 1.807) is 0 Å². The smallest absolute Gasteiger partial charge is 0.237 e. The van der Waals surface area contributed by atoms with E-state index in [4.69, 9.17) is 0 Å². The van der Waals surface area contributed by atoms with Crippen molar-refractivity contribution in [3.05, 3.63) is 30.3 Å². The summed E-state index contributed by atoms with van der Waals surface area (Å²) in [6.45, 7) is 1.86. The first-order valence-electron chi connectivity index (χ1n) is 6.54. The second kappa shape index (κ2) is 5.62. The Morgan fingerprint density at radius 1 is 1.40 bits per heavy atom. The largest absolute Gasteiger partial charge is 0.325 e. The van der Waals surface area contributed by atoms with Gasteiger partial charge in [-0.05, 0) is 42.3 Å². The van der Waals surface area contributed by atoms with Gasteiger partial charge in [-0.2, -0.15) is 0 Å². The molecular formula is C13H15N5OS. The Balaban J connectivity index is 1.62. The summed E-state index contributed by atoms with van der Waals surface area (Å²) in [5.41, 5.74) is 0.798. The minimum Gasteiger partial charge on any atom is -0.325 e. The number of rotatable bonds is 5. The van der Waals surface area contributed by atoms with Gasteiger partial charge < -0.3 is 5.32 Å². The van der Waals surface area contributed by atoms with Crippen LogP contribution in [0.25, 0.3) is 0 Å². The fourth-order valence-electron chi connectivity index (χ4n) is 1.79. The summed E-state index contributed by atoms with van der Waals surface area (Å²) >= 11 is 1.39. The minimum absolute atomic E-state index is 0.0495. The van der Waals surface area contributed by atoms with Gasteiger partial charge in [0, 0.05) is 5.69 Å². The quantitative estimate of drug-likeness (QED) is 0.854. The Morgan fingerprint density at radius 2 is 2.15 bits per heavy atom. The van der Waals surface area contributed by atoms with E-state index in [2.05, 4.69) is 20.8 Å². The van der Waals surface area contributed by atoms with Gasteiger partial charge in [-0.25, -0.2) is 4.68 Å². The van der Waals surface area contributed by atoms with Gasteiger partial charge in [-0.1, -0.05) is 30.0 Å². The van der Waals surface area contributed by atoms with Crippen molar-refractivity contribution >= 4 is 23.4 Å². The number of aromatic nitrogens is 4. The molecule has 0 saturated heterocycles. The summed E-state index contributed by atoms with van der Waals surface area (Å²) in [7, 11) is 0. The average molecular weight is 289 g/mol. The number of nitrogens with one attached hydrogen (secondary N) is 1. The normalized spacial score (nSPS) is 15.8. The van der Waals surface area contributed by atoms with E-state index in [1.807, 2.05) is 41.9 Å². The van der Waals surface area contributed by atoms with Crippen molar-refractivity contribution in [1.82, 2.24) is 20.2 Å². The van der Waals surface area contributed by atoms with E-state index >= 15 is 0 Å². The molecule has 7 heteroatoms. The number of anilines is 1. The molecule has 0 aliphatic heterocycles. The zero-order valence-electron chi connectivity index (χ0n) is 11.1. The van der Waals surface area contributed by atoms with Crippen LogP contribution in [0, 0.1) is 0 Å². The first kappa shape index (κ1) is 13.1. The number of nitrogens with zero attached hydrogens (tertiary/aromatic N) is 4. The van der Waals surface area contributed by atoms with E-state index < -0.39 is 0 Å². The van der Waals surface area contributed by atoms with Crippen molar-refractivity contribution in [2.24, 2.45) is 0 Å². The molecule has 0 spiro atoms. The lowest BCUT2D eigenvalue weighted by molar-refractivity contribution is -0.115. The molecule has 104 valence electrons. The van der Waals surface area contributed by atoms with Crippen LogP contribution in [0.5, 0.6) is 0 Å². The van der Waals surface area contributed by atoms with Crippen LogP contribution in [0.1, 0.15) is 25.8 Å². The third kappa shape index (κ3) is 2.98. The third-order valence-electron chi connectivity index (χ3n) is 3.05. The van der Waals surface area contributed by atoms with Crippen molar-refractivity contribution < 1.29 is 4.79 Å². The van der Waals surface area contributed by atoms with E-state index in [9.17, 15) is 4.79 Å². The number of hydrogen-bond acceptors (Lipinski definition) is 5. The molecule has 0 bridgehead atoms. The van der Waals surface area contributed by atoms with Gasteiger partial charge in [0.15, 0.2) is 0 Å². The number of carbonyl (C=O) groups is 1. The molecule has 1 aliphatic carbocycles. The van der Waals surface area contributed by atoms with Gasteiger partial charge in [-0.3, -0.25) is 4.79 Å². The molecule has 1 fully saturated rings. The standard InChI is InChI=1S/C13H15N5OS/c1-9(12(19)14-10-5-3-2-4-6-10)20-13-15-16-17-18(13)11-7-8-11/h2-6,9,11H,7-8H2,1H3,(H,14,19)/t9-/m1/s1. The van der Waals surface area contributed by atoms with Crippen LogP contribution in [-0.4, -0.2) is 31.4 Å². The van der Waals surface area contributed by atoms with E-state index in [1.165, 1.54) is 11.8 Å². The molecule has 1 saturated carbocycles. The van der Waals surface area contributed by atoms with Crippen LogP contribution in [-0.2, 0) is 4.79 Å². The second-order valence-electron chi connectivity index (χ2n) is 4.75. The molecule has 1 amide bonds. The highest BCUT2D eigenvalue weighted by Crippen LogP contribution is 2.37. The van der Waals surface area contributed by atoms with Crippen molar-refractivity contribution in [3.63, 3.8) is 0 Å². The van der Waals surface area contributed by atoms with E-state index in [0.717, 1.165) is 18.5 Å². The van der Waals surface area contributed by atoms with Crippen LogP contribution in [0.15, 0.2) is 35.5 Å². The van der Waals surface area contributed by atoms with Gasteiger partial charge in [0.05, 0.1) is 11.3 Å². The molecule has 6 nitrogen and oxygen atoms in total. The zero-order chi connectivity index (χ0) is 13.9. The number of hydrogen-bond donors (Lipinski definition) is 1. The van der Waals surface area contributed by atoms with Gasteiger partial charge in [0.25, 0.3) is 0 Å². The van der Waals surface area contributed by atoms with Crippen molar-refractivity contribution in [3.8, 4) is 0 Å². The summed E-state index contributed by atoms with van der Waals surface area (Å²) in [4.78, 5) is 12.1. The summed E-state index contributed by atoms with van der Waals surface area (Å²) < 4.78 is 1.82. The molecule has 1 aromatic heterocycles. The lowest BCUT2D eigenvalue weighted by Crippen LogP contribution is -2.22. The Bertz CT molecular complexity index is 596. The lowest BCUT2D eigenvalue weighted by atomic mass is 10.3. The molecule has 2 aromatic rings. The summed E-state index contributed by atoms with van der Waals surface area (Å²) in [5.74, 6) is -0.0495. The molecule has 3 rings (SSSR count). The van der Waals surface area contributed by atoms with Crippen LogP contribution in [0.4, 0.5) is 5.69 Å². The molecule has 1 atom stereocenters. The Morgan fingerprint density at radius 3 is 2.85 bits per heavy atom. The molecule has 1 heterocycles. The average Bonchev–Trinajstić information content (AvgIpc) is 3.20. The van der Waals surface area contributed by atoms with Gasteiger partial charge in [-0.15, -0.1) is 5.10 Å². The third-order valence-corrected chi connectivity index (χ3v) is 4.10. The monoisotopic (exact) mass is 289 g/mol. The molecule has 0 radical (unpaired) electrons. The predicted molar refractivity (Wildman–Crippen MR) is 76.5 cm³/mol. The highest BCUT2D eigenvalue weighted by Gasteiger charge is 2.29. The maximum Gasteiger partial charge on any atom is 0.237 e. The van der Waals surface area contributed by atoms with Crippen LogP contribution in [0.3, 0.4) is 0 Å². The first-order chi connectivity index (χ1) is 9.74. The van der Waals surface area contributed by atoms with Gasteiger partial charge >= 0.3 is 0 Å². The molecule has 1 N–H and O–H groups in total. The van der Waals surface area contributed by atoms with Crippen LogP contribution >= 0.6 is 11.8 Å². The SMILES string of the molecule is C[C@@H](Sc1nnnn1C1CC1)C(=O)Nc1ccccc1. The van der Waals surface area contributed by atoms with Crippen LogP contribution in [0.2, 0.25) is 0 Å². The molecule has 0 unspecified atom stereocenters. The van der Waals surface area contributed by atoms with Crippen molar-refractivity contribution in [1.29, 1.82) is 0 Å². The summed E-state index contributed by atoms with van der Waals surface area (Å²) in [5, 5.41) is 15.0. The number of carbonyl (C=O) groups excluding carboxylic acids is 1. The maximum absolute atomic E-state index is 12.1. The first-order valence-corrected chi connectivity index (χ1v) is 7.42. The predicted octanol–water partition coefficient (Wildman–Crippen LogP) is 2.13. The lowest BCUT2D eigenvalue weighted by Gasteiger charge is -2.11. The van der Waals surface area contributed by atoms with Crippen molar-refractivity contribution in [2.45, 2.75) is 36.2 Å². The molecule has 1 aromatic carbocycles. The molecule has 20 heavy (non-hydrogen) atoms. The fraction of sp³-hybridized carbons (Fsp3) is 0.385. The van der Waals surface area contributed by atoms with Gasteiger partial charge in [0.1, 0.15) is 0 Å². The summed E-state index contributed by atoms with van der Waals surface area (Å²) in [6.07, 6.45) is 2.23. The van der Waals surface area contributed by atoms with E-state index in [-0.39, 0.29) is 11.2 Å². The Labute approximate surface area is 120 Å². The second-order valence-corrected chi connectivity index (χ2v) is 6.06. The van der Waals surface area contributed by atoms with Gasteiger partial charge in [0.2, 0.25) is 11.1 Å². The highest BCUT2D eigenvalue weighted by atomic mass is 32.2. The van der Waals surface area contributed by atoms with E-state index in [0.29, 0.717) is 11.2 Å². The number of thioether (sulfide) groups is 1. The number of tetrazole rings is 1. The number of amides is 1. The highest BCUT2D eigenvalue weighted by molar-refractivity contribution is 8.00. The summed E-state index contributed by atoms with van der Waals surface area (Å²) in [6, 6.07) is 9.84.